The summed E-state index contributed by atoms with van der Waals surface area (Å²) in [6.45, 7) is 2.51. The Hall–Kier alpha value is -0.940. The number of aliphatic hydroxyl groups is 1. The number of carbonyl (C=O) groups is 2. The smallest absolute Gasteiger partial charge is 0.245 e. The maximum atomic E-state index is 11.1. The molecule has 1 saturated heterocycles. The number of carbonyl (C=O) groups excluding carboxylic acids is 2. The molecular formula is C7H12N2O3. The maximum Gasteiger partial charge on any atom is 0.245 e. The molecule has 0 saturated carbocycles. The second kappa shape index (κ2) is 3.64. The van der Waals surface area contributed by atoms with Gasteiger partial charge in [-0.05, 0) is 6.54 Å². The molecule has 0 atom stereocenters. The van der Waals surface area contributed by atoms with Crippen LogP contribution in [0.3, 0.4) is 0 Å². The van der Waals surface area contributed by atoms with Crippen LogP contribution in [0.4, 0.5) is 0 Å². The van der Waals surface area contributed by atoms with Gasteiger partial charge in [0.1, 0.15) is 6.73 Å². The zero-order chi connectivity index (χ0) is 9.14. The Balaban J connectivity index is 2.63. The molecule has 1 heterocycles. The van der Waals surface area contributed by atoms with Crippen LogP contribution in [0.5, 0.6) is 0 Å². The lowest BCUT2D eigenvalue weighted by molar-refractivity contribution is -0.155. The van der Waals surface area contributed by atoms with Crippen molar-refractivity contribution in [3.05, 3.63) is 0 Å². The third kappa shape index (κ3) is 1.62. The molecule has 2 amide bonds. The molecule has 0 aromatic carbocycles. The third-order valence-electron chi connectivity index (χ3n) is 1.91. The zero-order valence-electron chi connectivity index (χ0n) is 6.99. The number of aliphatic hydroxyl groups excluding tert-OH is 1. The van der Waals surface area contributed by atoms with Gasteiger partial charge >= 0.3 is 0 Å². The summed E-state index contributed by atoms with van der Waals surface area (Å²) in [6, 6.07) is 0. The summed E-state index contributed by atoms with van der Waals surface area (Å²) >= 11 is 0. The summed E-state index contributed by atoms with van der Waals surface area (Å²) in [4.78, 5) is 24.8. The second-order valence-electron chi connectivity index (χ2n) is 2.66. The Labute approximate surface area is 70.6 Å². The van der Waals surface area contributed by atoms with Gasteiger partial charge in [0, 0.05) is 0 Å². The van der Waals surface area contributed by atoms with Crippen molar-refractivity contribution >= 4 is 11.8 Å². The highest BCUT2D eigenvalue weighted by Gasteiger charge is 2.29. The molecule has 0 aromatic rings. The lowest BCUT2D eigenvalue weighted by Gasteiger charge is -2.30. The van der Waals surface area contributed by atoms with Gasteiger partial charge in [-0.15, -0.1) is 0 Å². The number of hydrogen-bond acceptors (Lipinski definition) is 4. The zero-order valence-corrected chi connectivity index (χ0v) is 6.99. The van der Waals surface area contributed by atoms with Gasteiger partial charge in [-0.2, -0.15) is 0 Å². The van der Waals surface area contributed by atoms with Gasteiger partial charge in [-0.1, -0.05) is 6.92 Å². The predicted molar refractivity (Wildman–Crippen MR) is 41.1 cm³/mol. The molecule has 5 heteroatoms. The molecule has 1 fully saturated rings. The number of rotatable bonds is 2. The summed E-state index contributed by atoms with van der Waals surface area (Å²) in [5, 5.41) is 8.66. The van der Waals surface area contributed by atoms with Crippen LogP contribution in [0.2, 0.25) is 0 Å². The molecule has 0 radical (unpaired) electrons. The summed E-state index contributed by atoms with van der Waals surface area (Å²) in [5.41, 5.74) is 0. The number of imide groups is 1. The third-order valence-corrected chi connectivity index (χ3v) is 1.91. The molecule has 12 heavy (non-hydrogen) atoms. The molecular weight excluding hydrogens is 160 g/mol. The van der Waals surface area contributed by atoms with E-state index in [0.717, 1.165) is 4.90 Å². The molecule has 0 aliphatic carbocycles. The Kier molecular flexibility index (Phi) is 2.78. The minimum atomic E-state index is -0.505. The highest BCUT2D eigenvalue weighted by molar-refractivity contribution is 5.99. The van der Waals surface area contributed by atoms with E-state index in [9.17, 15) is 9.59 Å². The van der Waals surface area contributed by atoms with Gasteiger partial charge in [0.2, 0.25) is 11.8 Å². The number of hydrogen-bond donors (Lipinski definition) is 1. The average Bonchev–Trinajstić information content (AvgIpc) is 2.03. The van der Waals surface area contributed by atoms with Crippen LogP contribution >= 0.6 is 0 Å². The predicted octanol–water partition coefficient (Wildman–Crippen LogP) is -1.37. The first kappa shape index (κ1) is 9.15. The number of nitrogens with zero attached hydrogens (tertiary/aromatic N) is 2. The Morgan fingerprint density at radius 1 is 1.33 bits per heavy atom. The van der Waals surface area contributed by atoms with E-state index in [2.05, 4.69) is 0 Å². The average molecular weight is 172 g/mol. The van der Waals surface area contributed by atoms with Crippen LogP contribution in [0, 0.1) is 0 Å². The van der Waals surface area contributed by atoms with Crippen molar-refractivity contribution in [2.45, 2.75) is 6.92 Å². The van der Waals surface area contributed by atoms with Gasteiger partial charge in [0.15, 0.2) is 0 Å². The summed E-state index contributed by atoms with van der Waals surface area (Å²) in [6.07, 6.45) is 0. The van der Waals surface area contributed by atoms with E-state index >= 15 is 0 Å². The van der Waals surface area contributed by atoms with Gasteiger partial charge < -0.3 is 5.11 Å². The van der Waals surface area contributed by atoms with Gasteiger partial charge in [0.05, 0.1) is 13.1 Å². The van der Waals surface area contributed by atoms with Crippen molar-refractivity contribution in [3.8, 4) is 0 Å². The Morgan fingerprint density at radius 3 is 2.17 bits per heavy atom. The lowest BCUT2D eigenvalue weighted by Crippen LogP contribution is -2.53. The van der Waals surface area contributed by atoms with Crippen LogP contribution in [0.15, 0.2) is 0 Å². The summed E-state index contributed by atoms with van der Waals surface area (Å²) in [5.74, 6) is -0.647. The van der Waals surface area contributed by atoms with Crippen LogP contribution in [-0.4, -0.2) is 53.1 Å². The lowest BCUT2D eigenvalue weighted by atomic mass is 10.3. The highest BCUT2D eigenvalue weighted by Crippen LogP contribution is 2.02. The van der Waals surface area contributed by atoms with E-state index in [-0.39, 0.29) is 24.9 Å². The Bertz CT molecular complexity index is 187. The SMILES string of the molecule is CCN1CC(=O)N(CO)C(=O)C1. The normalized spacial score (nSPS) is 20.3. The largest absolute Gasteiger partial charge is 0.376 e. The fourth-order valence-electron chi connectivity index (χ4n) is 1.13. The molecule has 68 valence electrons. The fourth-order valence-corrected chi connectivity index (χ4v) is 1.13. The second-order valence-corrected chi connectivity index (χ2v) is 2.66. The fraction of sp³-hybridized carbons (Fsp3) is 0.714. The molecule has 1 aliphatic rings. The molecule has 5 nitrogen and oxygen atoms in total. The molecule has 1 N–H and O–H groups in total. The quantitative estimate of drug-likeness (QED) is 0.522. The van der Waals surface area contributed by atoms with Crippen molar-refractivity contribution in [2.24, 2.45) is 0 Å². The topological polar surface area (TPSA) is 60.9 Å². The van der Waals surface area contributed by atoms with Crippen LogP contribution in [-0.2, 0) is 9.59 Å². The summed E-state index contributed by atoms with van der Waals surface area (Å²) < 4.78 is 0. The number of amides is 2. The molecule has 1 rings (SSSR count). The van der Waals surface area contributed by atoms with Crippen molar-refractivity contribution in [3.63, 3.8) is 0 Å². The van der Waals surface area contributed by atoms with Gasteiger partial charge in [0.25, 0.3) is 0 Å². The molecule has 0 aromatic heterocycles. The van der Waals surface area contributed by atoms with E-state index < -0.39 is 6.73 Å². The van der Waals surface area contributed by atoms with E-state index in [1.807, 2.05) is 6.92 Å². The van der Waals surface area contributed by atoms with Crippen LogP contribution in [0.1, 0.15) is 6.92 Å². The molecule has 1 aliphatic heterocycles. The van der Waals surface area contributed by atoms with E-state index in [1.165, 1.54) is 0 Å². The minimum Gasteiger partial charge on any atom is -0.376 e. The van der Waals surface area contributed by atoms with Crippen molar-refractivity contribution < 1.29 is 14.7 Å². The number of likely N-dealkylation sites (N-methyl/N-ethyl adjacent to an activating group) is 1. The first-order valence-electron chi connectivity index (χ1n) is 3.85. The van der Waals surface area contributed by atoms with Crippen LogP contribution in [0.25, 0.3) is 0 Å². The van der Waals surface area contributed by atoms with Gasteiger partial charge in [-0.25, -0.2) is 0 Å². The van der Waals surface area contributed by atoms with Crippen molar-refractivity contribution in [1.29, 1.82) is 0 Å². The molecule has 0 spiro atoms. The number of piperazine rings is 1. The maximum absolute atomic E-state index is 11.1. The Morgan fingerprint density at radius 2 is 1.83 bits per heavy atom. The molecule has 0 bridgehead atoms. The standard InChI is InChI=1S/C7H12N2O3/c1-2-8-3-6(11)9(5-10)7(12)4-8/h10H,2-5H2,1H3. The van der Waals surface area contributed by atoms with Gasteiger partial charge in [-0.3, -0.25) is 19.4 Å². The first-order chi connectivity index (χ1) is 5.69. The first-order valence-corrected chi connectivity index (χ1v) is 3.85. The van der Waals surface area contributed by atoms with E-state index in [4.69, 9.17) is 5.11 Å². The van der Waals surface area contributed by atoms with E-state index in [1.54, 1.807) is 4.90 Å². The molecule has 0 unspecified atom stereocenters. The highest BCUT2D eigenvalue weighted by atomic mass is 16.3. The summed E-state index contributed by atoms with van der Waals surface area (Å²) in [7, 11) is 0. The van der Waals surface area contributed by atoms with Crippen molar-refractivity contribution in [1.82, 2.24) is 9.80 Å². The monoisotopic (exact) mass is 172 g/mol. The van der Waals surface area contributed by atoms with Crippen molar-refractivity contribution in [2.75, 3.05) is 26.4 Å². The van der Waals surface area contributed by atoms with E-state index in [0.29, 0.717) is 6.54 Å². The minimum absolute atomic E-state index is 0.225. The van der Waals surface area contributed by atoms with Crippen LogP contribution < -0.4 is 0 Å².